The van der Waals surface area contributed by atoms with E-state index in [2.05, 4.69) is 5.32 Å². The lowest BCUT2D eigenvalue weighted by Crippen LogP contribution is -2.42. The zero-order valence-electron chi connectivity index (χ0n) is 21.1. The number of hydrogen-bond donors (Lipinski definition) is 1. The number of carbonyl (C=O) groups excluding carboxylic acids is 1. The molecule has 9 heteroatoms. The van der Waals surface area contributed by atoms with E-state index in [9.17, 15) is 13.2 Å². The van der Waals surface area contributed by atoms with Gasteiger partial charge in [-0.2, -0.15) is 0 Å². The monoisotopic (exact) mass is 512 g/mol. The van der Waals surface area contributed by atoms with Crippen LogP contribution >= 0.6 is 0 Å². The fraction of sp³-hybridized carbons (Fsp3) is 0.296. The lowest BCUT2D eigenvalue weighted by Gasteiger charge is -2.27. The number of nitrogens with one attached hydrogen (secondary N) is 1. The van der Waals surface area contributed by atoms with Crippen LogP contribution in [0.3, 0.4) is 0 Å². The minimum absolute atomic E-state index is 0.0629. The first-order chi connectivity index (χ1) is 17.2. The van der Waals surface area contributed by atoms with Crippen molar-refractivity contribution in [1.82, 2.24) is 5.32 Å². The average Bonchev–Trinajstić information content (AvgIpc) is 2.90. The third-order valence-corrected chi connectivity index (χ3v) is 7.59. The first-order valence-corrected chi connectivity index (χ1v) is 12.9. The fourth-order valence-electron chi connectivity index (χ4n) is 3.76. The number of anilines is 1. The Labute approximate surface area is 212 Å². The van der Waals surface area contributed by atoms with Crippen molar-refractivity contribution in [1.29, 1.82) is 0 Å². The van der Waals surface area contributed by atoms with Gasteiger partial charge in [-0.1, -0.05) is 36.8 Å². The third kappa shape index (κ3) is 6.09. The maximum atomic E-state index is 13.8. The van der Waals surface area contributed by atoms with E-state index in [-0.39, 0.29) is 16.6 Å². The Morgan fingerprint density at radius 1 is 0.889 bits per heavy atom. The van der Waals surface area contributed by atoms with E-state index in [1.54, 1.807) is 37.4 Å². The SMILES string of the molecule is CC[C@H](NC(=O)CN(c1cc(OC)ccc1OC)S(=O)(=O)c1ccc(C)cc1)c1ccc(OC)cc1. The Kier molecular flexibility index (Phi) is 8.82. The van der Waals surface area contributed by atoms with E-state index in [1.165, 1.54) is 26.4 Å². The summed E-state index contributed by atoms with van der Waals surface area (Å²) in [5.74, 6) is 0.972. The molecule has 0 spiro atoms. The number of ether oxygens (including phenoxy) is 3. The summed E-state index contributed by atoms with van der Waals surface area (Å²) in [5.41, 5.74) is 2.01. The van der Waals surface area contributed by atoms with Gasteiger partial charge in [-0.3, -0.25) is 9.10 Å². The second-order valence-corrected chi connectivity index (χ2v) is 10.0. The van der Waals surface area contributed by atoms with Gasteiger partial charge in [0.25, 0.3) is 10.0 Å². The normalized spacial score (nSPS) is 11.9. The number of aryl methyl sites for hydroxylation is 1. The molecule has 1 amide bonds. The second kappa shape index (κ2) is 11.8. The molecular weight excluding hydrogens is 480 g/mol. The lowest BCUT2D eigenvalue weighted by molar-refractivity contribution is -0.120. The standard InChI is InChI=1S/C27H32N2O6S/c1-6-24(20-9-11-21(33-3)12-10-20)28-27(30)18-29(25-17-22(34-4)13-16-26(25)35-5)36(31,32)23-14-7-19(2)8-15-23/h7-17,24H,6,18H2,1-5H3,(H,28,30)/t24-/m0/s1. The van der Waals surface area contributed by atoms with Crippen LogP contribution in [-0.4, -0.2) is 42.2 Å². The first kappa shape index (κ1) is 26.9. The Bertz CT molecular complexity index is 1270. The highest BCUT2D eigenvalue weighted by Crippen LogP contribution is 2.35. The predicted molar refractivity (Wildman–Crippen MR) is 139 cm³/mol. The zero-order valence-corrected chi connectivity index (χ0v) is 22.0. The minimum Gasteiger partial charge on any atom is -0.497 e. The van der Waals surface area contributed by atoms with E-state index in [0.717, 1.165) is 15.4 Å². The summed E-state index contributed by atoms with van der Waals surface area (Å²) in [4.78, 5) is 13.3. The van der Waals surface area contributed by atoms with Gasteiger partial charge < -0.3 is 19.5 Å². The van der Waals surface area contributed by atoms with E-state index in [4.69, 9.17) is 14.2 Å². The quantitative estimate of drug-likeness (QED) is 0.407. The summed E-state index contributed by atoms with van der Waals surface area (Å²) in [5, 5.41) is 2.96. The van der Waals surface area contributed by atoms with Gasteiger partial charge in [0.15, 0.2) is 0 Å². The summed E-state index contributed by atoms with van der Waals surface area (Å²) < 4.78 is 44.6. The van der Waals surface area contributed by atoms with Crippen LogP contribution in [0.2, 0.25) is 0 Å². The number of benzene rings is 3. The van der Waals surface area contributed by atoms with Crippen molar-refractivity contribution in [3.8, 4) is 17.2 Å². The van der Waals surface area contributed by atoms with Crippen LogP contribution in [0.4, 0.5) is 5.69 Å². The predicted octanol–water partition coefficient (Wildman–Crippen LogP) is 4.48. The van der Waals surface area contributed by atoms with Crippen LogP contribution in [0.25, 0.3) is 0 Å². The highest BCUT2D eigenvalue weighted by atomic mass is 32.2. The molecule has 3 aromatic rings. The largest absolute Gasteiger partial charge is 0.497 e. The molecule has 8 nitrogen and oxygen atoms in total. The molecule has 3 rings (SSSR count). The molecule has 0 aliphatic heterocycles. The molecule has 3 aromatic carbocycles. The molecule has 192 valence electrons. The molecule has 0 saturated carbocycles. The van der Waals surface area contributed by atoms with Crippen molar-refractivity contribution < 1.29 is 27.4 Å². The van der Waals surface area contributed by atoms with E-state index >= 15 is 0 Å². The summed E-state index contributed by atoms with van der Waals surface area (Å²) in [6, 6.07) is 18.4. The van der Waals surface area contributed by atoms with Gasteiger partial charge in [-0.25, -0.2) is 8.42 Å². The molecular formula is C27H32N2O6S. The molecule has 0 bridgehead atoms. The lowest BCUT2D eigenvalue weighted by atomic mass is 10.0. The van der Waals surface area contributed by atoms with Crippen molar-refractivity contribution in [3.05, 3.63) is 77.9 Å². The summed E-state index contributed by atoms with van der Waals surface area (Å²) in [6.07, 6.45) is 0.616. The number of rotatable bonds is 11. The van der Waals surface area contributed by atoms with Gasteiger partial charge in [0.05, 0.1) is 38.0 Å². The van der Waals surface area contributed by atoms with Gasteiger partial charge in [0.1, 0.15) is 23.8 Å². The first-order valence-electron chi connectivity index (χ1n) is 11.5. The van der Waals surface area contributed by atoms with Gasteiger partial charge >= 0.3 is 0 Å². The molecule has 36 heavy (non-hydrogen) atoms. The van der Waals surface area contributed by atoms with Gasteiger partial charge in [-0.05, 0) is 55.3 Å². The summed E-state index contributed by atoms with van der Waals surface area (Å²) in [6.45, 7) is 3.37. The van der Waals surface area contributed by atoms with Crippen molar-refractivity contribution >= 4 is 21.6 Å². The fourth-order valence-corrected chi connectivity index (χ4v) is 5.18. The van der Waals surface area contributed by atoms with Crippen molar-refractivity contribution in [2.75, 3.05) is 32.2 Å². The number of nitrogens with zero attached hydrogens (tertiary/aromatic N) is 1. The van der Waals surface area contributed by atoms with Gasteiger partial charge in [0.2, 0.25) is 5.91 Å². The Hall–Kier alpha value is -3.72. The second-order valence-electron chi connectivity index (χ2n) is 8.16. The summed E-state index contributed by atoms with van der Waals surface area (Å²) >= 11 is 0. The molecule has 0 saturated heterocycles. The molecule has 1 N–H and O–H groups in total. The Morgan fingerprint density at radius 3 is 2.06 bits per heavy atom. The number of carbonyl (C=O) groups is 1. The van der Waals surface area contributed by atoms with E-state index in [1.807, 2.05) is 38.1 Å². The highest BCUT2D eigenvalue weighted by molar-refractivity contribution is 7.92. The highest BCUT2D eigenvalue weighted by Gasteiger charge is 2.30. The number of methoxy groups -OCH3 is 3. The maximum Gasteiger partial charge on any atom is 0.264 e. The van der Waals surface area contributed by atoms with Crippen molar-refractivity contribution in [2.24, 2.45) is 0 Å². The van der Waals surface area contributed by atoms with Gasteiger partial charge in [0, 0.05) is 6.07 Å². The topological polar surface area (TPSA) is 94.2 Å². The number of sulfonamides is 1. The smallest absolute Gasteiger partial charge is 0.264 e. The number of hydrogen-bond acceptors (Lipinski definition) is 6. The van der Waals surface area contributed by atoms with Crippen LogP contribution < -0.4 is 23.8 Å². The molecule has 0 heterocycles. The van der Waals surface area contributed by atoms with E-state index in [0.29, 0.717) is 23.7 Å². The molecule has 0 unspecified atom stereocenters. The molecule has 1 atom stereocenters. The average molecular weight is 513 g/mol. The molecule has 0 aliphatic rings. The van der Waals surface area contributed by atoms with Crippen LogP contribution in [-0.2, 0) is 14.8 Å². The van der Waals surface area contributed by atoms with Crippen LogP contribution in [0, 0.1) is 6.92 Å². The van der Waals surface area contributed by atoms with Crippen LogP contribution in [0.5, 0.6) is 17.2 Å². The molecule has 0 fully saturated rings. The maximum absolute atomic E-state index is 13.8. The number of amides is 1. The zero-order chi connectivity index (χ0) is 26.3. The van der Waals surface area contributed by atoms with Crippen LogP contribution in [0.15, 0.2) is 71.6 Å². The molecule has 0 radical (unpaired) electrons. The van der Waals surface area contributed by atoms with Crippen molar-refractivity contribution in [3.63, 3.8) is 0 Å². The Morgan fingerprint density at radius 2 is 1.50 bits per heavy atom. The molecule has 0 aromatic heterocycles. The summed E-state index contributed by atoms with van der Waals surface area (Å²) in [7, 11) is 0.395. The van der Waals surface area contributed by atoms with Gasteiger partial charge in [-0.15, -0.1) is 0 Å². The third-order valence-electron chi connectivity index (χ3n) is 5.81. The molecule has 0 aliphatic carbocycles. The minimum atomic E-state index is -4.12. The van der Waals surface area contributed by atoms with Crippen molar-refractivity contribution in [2.45, 2.75) is 31.2 Å². The van der Waals surface area contributed by atoms with E-state index < -0.39 is 22.5 Å². The Balaban J connectivity index is 1.99. The van der Waals surface area contributed by atoms with Crippen LogP contribution in [0.1, 0.15) is 30.5 Å².